The van der Waals surface area contributed by atoms with Gasteiger partial charge in [0.25, 0.3) is 0 Å². The molecule has 5 nitrogen and oxygen atoms in total. The first-order valence-corrected chi connectivity index (χ1v) is 7.06. The van der Waals surface area contributed by atoms with E-state index < -0.39 is 6.03 Å². The second-order valence-electron chi connectivity index (χ2n) is 4.50. The number of benzene rings is 1. The lowest BCUT2D eigenvalue weighted by Gasteiger charge is -2.11. The molecule has 0 fully saturated rings. The number of nitrogens with one attached hydrogen (secondary N) is 3. The number of carbonyl (C=O) groups is 1. The first-order valence-electron chi connectivity index (χ1n) is 6.26. The van der Waals surface area contributed by atoms with Gasteiger partial charge in [0, 0.05) is 16.6 Å². The van der Waals surface area contributed by atoms with Gasteiger partial charge in [0.1, 0.15) is 17.3 Å². The zero-order chi connectivity index (χ0) is 15.4. The number of carbonyl (C=O) groups excluding carboxylic acids is 1. The predicted molar refractivity (Wildman–Crippen MR) is 81.3 cm³/mol. The van der Waals surface area contributed by atoms with Crippen LogP contribution < -0.4 is 16.2 Å². The summed E-state index contributed by atoms with van der Waals surface area (Å²) in [5.74, 6) is 1.22. The van der Waals surface area contributed by atoms with Crippen LogP contribution in [0, 0.1) is 19.7 Å². The number of urea groups is 1. The summed E-state index contributed by atoms with van der Waals surface area (Å²) in [5, 5.41) is 2.69. The maximum Gasteiger partial charge on any atom is 0.333 e. The molecule has 112 valence electrons. The maximum absolute atomic E-state index is 12.9. The van der Waals surface area contributed by atoms with Crippen molar-refractivity contribution in [3.05, 3.63) is 51.6 Å². The molecular weight excluding hydrogens is 341 g/mol. The van der Waals surface area contributed by atoms with Gasteiger partial charge in [-0.1, -0.05) is 0 Å². The molecule has 0 aliphatic carbocycles. The molecule has 3 N–H and O–H groups in total. The summed E-state index contributed by atoms with van der Waals surface area (Å²) in [7, 11) is 0. The highest BCUT2D eigenvalue weighted by Gasteiger charge is 2.07. The highest BCUT2D eigenvalue weighted by molar-refractivity contribution is 9.10. The van der Waals surface area contributed by atoms with Crippen LogP contribution in [0.25, 0.3) is 0 Å². The summed E-state index contributed by atoms with van der Waals surface area (Å²) in [6.45, 7) is 4.06. The Kier molecular flexibility index (Phi) is 4.85. The minimum atomic E-state index is -0.399. The van der Waals surface area contributed by atoms with Crippen molar-refractivity contribution in [2.24, 2.45) is 0 Å². The molecule has 7 heteroatoms. The molecule has 2 aromatic rings. The molecule has 2 rings (SSSR count). The average Bonchev–Trinajstić information content (AvgIpc) is 2.73. The van der Waals surface area contributed by atoms with Crippen LogP contribution >= 0.6 is 15.9 Å². The molecule has 21 heavy (non-hydrogen) atoms. The van der Waals surface area contributed by atoms with Gasteiger partial charge in [-0.2, -0.15) is 0 Å². The highest BCUT2D eigenvalue weighted by Crippen LogP contribution is 2.22. The van der Waals surface area contributed by atoms with Gasteiger partial charge < -0.3 is 9.73 Å². The van der Waals surface area contributed by atoms with Crippen LogP contribution in [-0.2, 0) is 6.54 Å². The number of amides is 2. The van der Waals surface area contributed by atoms with Crippen molar-refractivity contribution in [1.29, 1.82) is 0 Å². The van der Waals surface area contributed by atoms with Crippen molar-refractivity contribution >= 4 is 27.6 Å². The summed E-state index contributed by atoms with van der Waals surface area (Å²) in [6.07, 6.45) is 0. The number of aryl methyl sites for hydroxylation is 2. The van der Waals surface area contributed by atoms with Gasteiger partial charge in [-0.3, -0.25) is 10.9 Å². The van der Waals surface area contributed by atoms with Crippen molar-refractivity contribution < 1.29 is 13.6 Å². The summed E-state index contributed by atoms with van der Waals surface area (Å²) >= 11 is 3.20. The molecule has 2 amide bonds. The van der Waals surface area contributed by atoms with Crippen LogP contribution in [0.3, 0.4) is 0 Å². The van der Waals surface area contributed by atoms with Crippen LogP contribution in [0.4, 0.5) is 14.9 Å². The van der Waals surface area contributed by atoms with E-state index in [-0.39, 0.29) is 5.82 Å². The lowest BCUT2D eigenvalue weighted by Crippen LogP contribution is -2.38. The van der Waals surface area contributed by atoms with Gasteiger partial charge in [-0.25, -0.2) is 9.18 Å². The minimum Gasteiger partial charge on any atom is -0.466 e. The van der Waals surface area contributed by atoms with Gasteiger partial charge >= 0.3 is 6.03 Å². The van der Waals surface area contributed by atoms with E-state index in [0.29, 0.717) is 16.7 Å². The molecule has 0 spiro atoms. The molecule has 0 unspecified atom stereocenters. The topological polar surface area (TPSA) is 66.3 Å². The molecule has 1 aromatic carbocycles. The van der Waals surface area contributed by atoms with Crippen molar-refractivity contribution in [3.63, 3.8) is 0 Å². The lowest BCUT2D eigenvalue weighted by molar-refractivity contribution is 0.242. The second-order valence-corrected chi connectivity index (χ2v) is 5.35. The summed E-state index contributed by atoms with van der Waals surface area (Å²) in [5.41, 5.74) is 6.65. The van der Waals surface area contributed by atoms with E-state index in [4.69, 9.17) is 4.42 Å². The predicted octanol–water partition coefficient (Wildman–Crippen LogP) is 3.62. The van der Waals surface area contributed by atoms with Crippen molar-refractivity contribution in [2.45, 2.75) is 20.4 Å². The fourth-order valence-electron chi connectivity index (χ4n) is 1.79. The Bertz CT molecular complexity index is 658. The van der Waals surface area contributed by atoms with E-state index in [9.17, 15) is 9.18 Å². The smallest absolute Gasteiger partial charge is 0.333 e. The van der Waals surface area contributed by atoms with E-state index in [1.165, 1.54) is 18.2 Å². The number of furan rings is 1. The normalized spacial score (nSPS) is 10.3. The summed E-state index contributed by atoms with van der Waals surface area (Å²) in [4.78, 5) is 11.7. The fourth-order valence-corrected chi connectivity index (χ4v) is 2.24. The Morgan fingerprint density at radius 2 is 2.10 bits per heavy atom. The molecule has 0 saturated heterocycles. The minimum absolute atomic E-state index is 0.359. The third-order valence-electron chi connectivity index (χ3n) is 2.83. The number of hydrazine groups is 1. The first kappa shape index (κ1) is 15.4. The Morgan fingerprint density at radius 3 is 2.71 bits per heavy atom. The zero-order valence-electron chi connectivity index (χ0n) is 11.6. The van der Waals surface area contributed by atoms with Crippen LogP contribution in [0.2, 0.25) is 0 Å². The molecule has 0 saturated carbocycles. The number of rotatable bonds is 4. The van der Waals surface area contributed by atoms with Crippen LogP contribution in [-0.4, -0.2) is 6.03 Å². The van der Waals surface area contributed by atoms with Crippen LogP contribution in [0.1, 0.15) is 17.1 Å². The first-order chi connectivity index (χ1) is 9.95. The number of hydrogen-bond donors (Lipinski definition) is 3. The SMILES string of the molecule is Cc1cc(CNC(=O)NNc2ccc(F)cc2Br)c(C)o1. The number of anilines is 1. The van der Waals surface area contributed by atoms with Gasteiger partial charge in [0.2, 0.25) is 0 Å². The van der Waals surface area contributed by atoms with E-state index in [1.807, 2.05) is 19.9 Å². The zero-order valence-corrected chi connectivity index (χ0v) is 13.2. The van der Waals surface area contributed by atoms with Crippen LogP contribution in [0.15, 0.2) is 33.2 Å². The average molecular weight is 356 g/mol. The maximum atomic E-state index is 12.9. The Labute approximate surface area is 130 Å². The molecular formula is C14H15BrFN3O2. The molecule has 0 aliphatic heterocycles. The second kappa shape index (κ2) is 6.62. The Balaban J connectivity index is 1.83. The van der Waals surface area contributed by atoms with Crippen molar-refractivity contribution in [1.82, 2.24) is 10.7 Å². The van der Waals surface area contributed by atoms with Gasteiger partial charge in [-0.15, -0.1) is 0 Å². The third-order valence-corrected chi connectivity index (χ3v) is 3.48. The number of hydrogen-bond acceptors (Lipinski definition) is 3. The molecule has 1 heterocycles. The largest absolute Gasteiger partial charge is 0.466 e. The fraction of sp³-hybridized carbons (Fsp3) is 0.214. The van der Waals surface area contributed by atoms with Crippen LogP contribution in [0.5, 0.6) is 0 Å². The van der Waals surface area contributed by atoms with Crippen molar-refractivity contribution in [3.8, 4) is 0 Å². The third kappa shape index (κ3) is 4.22. The van der Waals surface area contributed by atoms with E-state index in [2.05, 4.69) is 32.1 Å². The van der Waals surface area contributed by atoms with E-state index in [1.54, 1.807) is 0 Å². The number of halogens is 2. The highest BCUT2D eigenvalue weighted by atomic mass is 79.9. The molecule has 0 atom stereocenters. The van der Waals surface area contributed by atoms with Gasteiger partial charge in [0.05, 0.1) is 5.69 Å². The van der Waals surface area contributed by atoms with E-state index in [0.717, 1.165) is 17.1 Å². The van der Waals surface area contributed by atoms with E-state index >= 15 is 0 Å². The standard InChI is InChI=1S/C14H15BrFN3O2/c1-8-5-10(9(2)21-8)7-17-14(20)19-18-13-4-3-11(16)6-12(13)15/h3-6,18H,7H2,1-2H3,(H2,17,19,20). The summed E-state index contributed by atoms with van der Waals surface area (Å²) in [6, 6.07) is 5.59. The van der Waals surface area contributed by atoms with Gasteiger partial charge in [0.15, 0.2) is 0 Å². The quantitative estimate of drug-likeness (QED) is 0.733. The van der Waals surface area contributed by atoms with Gasteiger partial charge in [-0.05, 0) is 54.0 Å². The molecule has 0 aliphatic rings. The molecule has 1 aromatic heterocycles. The Hall–Kier alpha value is -2.02. The van der Waals surface area contributed by atoms with Crippen molar-refractivity contribution in [2.75, 3.05) is 5.43 Å². The molecule has 0 bridgehead atoms. The Morgan fingerprint density at radius 1 is 1.33 bits per heavy atom. The lowest BCUT2D eigenvalue weighted by atomic mass is 10.2. The molecule has 0 radical (unpaired) electrons. The summed E-state index contributed by atoms with van der Waals surface area (Å²) < 4.78 is 18.8. The monoisotopic (exact) mass is 355 g/mol.